The van der Waals surface area contributed by atoms with Gasteiger partial charge in [0, 0.05) is 20.2 Å². The summed E-state index contributed by atoms with van der Waals surface area (Å²) in [4.78, 5) is 1.93. The number of hydrogen-bond donors (Lipinski definition) is 0. The molecule has 0 aliphatic carbocycles. The van der Waals surface area contributed by atoms with Crippen molar-refractivity contribution in [3.8, 4) is 6.07 Å². The van der Waals surface area contributed by atoms with E-state index in [-0.39, 0.29) is 0 Å². The van der Waals surface area contributed by atoms with E-state index in [4.69, 9.17) is 10.00 Å². The molecule has 0 aliphatic rings. The van der Waals surface area contributed by atoms with Gasteiger partial charge in [-0.25, -0.2) is 0 Å². The standard InChI is InChI=1S/C10H14N4O/c1-3-15-7-6-14(2)10-5-4-9(8-11)12-13-10/h4-5H,3,6-7H2,1-2H3. The average Bonchev–Trinajstić information content (AvgIpc) is 2.29. The quantitative estimate of drug-likeness (QED) is 0.667. The number of hydrogen-bond acceptors (Lipinski definition) is 5. The molecule has 80 valence electrons. The maximum atomic E-state index is 8.55. The van der Waals surface area contributed by atoms with Crippen molar-refractivity contribution in [1.82, 2.24) is 10.2 Å². The molecule has 5 heteroatoms. The van der Waals surface area contributed by atoms with Crippen LogP contribution in [-0.2, 0) is 4.74 Å². The number of nitrogens with zero attached hydrogens (tertiary/aromatic N) is 4. The molecule has 0 fully saturated rings. The Morgan fingerprint density at radius 2 is 2.27 bits per heavy atom. The fourth-order valence-corrected chi connectivity index (χ4v) is 1.05. The molecule has 0 N–H and O–H groups in total. The summed E-state index contributed by atoms with van der Waals surface area (Å²) >= 11 is 0. The van der Waals surface area contributed by atoms with Crippen LogP contribution in [-0.4, -0.2) is 37.0 Å². The van der Waals surface area contributed by atoms with Crippen LogP contribution in [0.2, 0.25) is 0 Å². The first kappa shape index (κ1) is 11.4. The molecule has 1 aromatic rings. The molecule has 0 atom stereocenters. The second-order valence-corrected chi connectivity index (χ2v) is 3.01. The molecule has 0 unspecified atom stereocenters. The number of likely N-dealkylation sites (N-methyl/N-ethyl adjacent to an activating group) is 1. The molecule has 0 spiro atoms. The van der Waals surface area contributed by atoms with E-state index < -0.39 is 0 Å². The zero-order valence-electron chi connectivity index (χ0n) is 8.97. The van der Waals surface area contributed by atoms with E-state index in [0.717, 1.165) is 12.4 Å². The third-order valence-corrected chi connectivity index (χ3v) is 1.93. The molecule has 15 heavy (non-hydrogen) atoms. The van der Waals surface area contributed by atoms with E-state index in [2.05, 4.69) is 10.2 Å². The van der Waals surface area contributed by atoms with Crippen LogP contribution in [0.3, 0.4) is 0 Å². The zero-order chi connectivity index (χ0) is 11.1. The summed E-state index contributed by atoms with van der Waals surface area (Å²) < 4.78 is 5.23. The van der Waals surface area contributed by atoms with Crippen molar-refractivity contribution in [2.45, 2.75) is 6.92 Å². The Balaban J connectivity index is 2.51. The van der Waals surface area contributed by atoms with E-state index in [1.807, 2.05) is 24.9 Å². The Morgan fingerprint density at radius 1 is 1.47 bits per heavy atom. The molecule has 0 saturated carbocycles. The van der Waals surface area contributed by atoms with Gasteiger partial charge in [-0.15, -0.1) is 10.2 Å². The van der Waals surface area contributed by atoms with Crippen LogP contribution in [0.1, 0.15) is 12.6 Å². The monoisotopic (exact) mass is 206 g/mol. The maximum absolute atomic E-state index is 8.55. The van der Waals surface area contributed by atoms with Gasteiger partial charge in [-0.2, -0.15) is 5.26 Å². The van der Waals surface area contributed by atoms with Gasteiger partial charge in [0.1, 0.15) is 6.07 Å². The summed E-state index contributed by atoms with van der Waals surface area (Å²) in [7, 11) is 1.91. The summed E-state index contributed by atoms with van der Waals surface area (Å²) in [5.74, 6) is 0.744. The number of anilines is 1. The Kier molecular flexibility index (Phi) is 4.51. The van der Waals surface area contributed by atoms with E-state index in [0.29, 0.717) is 18.9 Å². The van der Waals surface area contributed by atoms with Crippen molar-refractivity contribution in [3.63, 3.8) is 0 Å². The Labute approximate surface area is 89.3 Å². The first-order valence-corrected chi connectivity index (χ1v) is 4.80. The first-order valence-electron chi connectivity index (χ1n) is 4.80. The minimum Gasteiger partial charge on any atom is -0.380 e. The van der Waals surface area contributed by atoms with Crippen molar-refractivity contribution in [1.29, 1.82) is 5.26 Å². The highest BCUT2D eigenvalue weighted by atomic mass is 16.5. The van der Waals surface area contributed by atoms with E-state index in [1.54, 1.807) is 12.1 Å². The predicted octanol–water partition coefficient (Wildman–Crippen LogP) is 0.821. The van der Waals surface area contributed by atoms with Crippen LogP contribution in [0.5, 0.6) is 0 Å². The lowest BCUT2D eigenvalue weighted by atomic mass is 10.4. The van der Waals surface area contributed by atoms with Gasteiger partial charge in [0.2, 0.25) is 0 Å². The molecule has 1 aromatic heterocycles. The van der Waals surface area contributed by atoms with Crippen molar-refractivity contribution >= 4 is 5.82 Å². The van der Waals surface area contributed by atoms with Crippen LogP contribution in [0.25, 0.3) is 0 Å². The second-order valence-electron chi connectivity index (χ2n) is 3.01. The van der Waals surface area contributed by atoms with Gasteiger partial charge in [-0.1, -0.05) is 0 Å². The fourth-order valence-electron chi connectivity index (χ4n) is 1.05. The number of aromatic nitrogens is 2. The molecule has 0 aliphatic heterocycles. The molecule has 5 nitrogen and oxygen atoms in total. The third-order valence-electron chi connectivity index (χ3n) is 1.93. The van der Waals surface area contributed by atoms with E-state index in [9.17, 15) is 0 Å². The van der Waals surface area contributed by atoms with Crippen LogP contribution in [0.15, 0.2) is 12.1 Å². The van der Waals surface area contributed by atoms with Crippen molar-refractivity contribution < 1.29 is 4.74 Å². The summed E-state index contributed by atoms with van der Waals surface area (Å²) in [6.45, 7) is 4.09. The number of ether oxygens (including phenoxy) is 1. The Bertz CT molecular complexity index is 330. The highest BCUT2D eigenvalue weighted by Gasteiger charge is 2.02. The van der Waals surface area contributed by atoms with Gasteiger partial charge < -0.3 is 9.64 Å². The summed E-state index contributed by atoms with van der Waals surface area (Å²) in [5.41, 5.74) is 0.331. The van der Waals surface area contributed by atoms with Crippen molar-refractivity contribution in [3.05, 3.63) is 17.8 Å². The first-order chi connectivity index (χ1) is 7.27. The van der Waals surface area contributed by atoms with Crippen LogP contribution < -0.4 is 4.90 Å². The van der Waals surface area contributed by atoms with Crippen LogP contribution in [0.4, 0.5) is 5.82 Å². The van der Waals surface area contributed by atoms with Gasteiger partial charge in [-0.05, 0) is 19.1 Å². The van der Waals surface area contributed by atoms with Gasteiger partial charge in [0.25, 0.3) is 0 Å². The second kappa shape index (κ2) is 5.94. The van der Waals surface area contributed by atoms with Crippen LogP contribution >= 0.6 is 0 Å². The molecule has 1 heterocycles. The largest absolute Gasteiger partial charge is 0.380 e. The minimum atomic E-state index is 0.331. The summed E-state index contributed by atoms with van der Waals surface area (Å²) in [6, 6.07) is 5.36. The normalized spacial score (nSPS) is 9.67. The van der Waals surface area contributed by atoms with Gasteiger partial charge >= 0.3 is 0 Å². The lowest BCUT2D eigenvalue weighted by Crippen LogP contribution is -2.23. The SMILES string of the molecule is CCOCCN(C)c1ccc(C#N)nn1. The Morgan fingerprint density at radius 3 is 2.80 bits per heavy atom. The van der Waals surface area contributed by atoms with Gasteiger partial charge in [0.15, 0.2) is 11.5 Å². The number of rotatable bonds is 5. The molecule has 0 bridgehead atoms. The van der Waals surface area contributed by atoms with Crippen LogP contribution in [0, 0.1) is 11.3 Å². The highest BCUT2D eigenvalue weighted by Crippen LogP contribution is 2.06. The van der Waals surface area contributed by atoms with Crippen molar-refractivity contribution in [2.75, 3.05) is 31.7 Å². The molecular weight excluding hydrogens is 192 g/mol. The molecule has 0 saturated heterocycles. The predicted molar refractivity (Wildman–Crippen MR) is 56.5 cm³/mol. The van der Waals surface area contributed by atoms with E-state index in [1.165, 1.54) is 0 Å². The minimum absolute atomic E-state index is 0.331. The number of nitriles is 1. The third kappa shape index (κ3) is 3.52. The topological polar surface area (TPSA) is 62.0 Å². The molecular formula is C10H14N4O. The lowest BCUT2D eigenvalue weighted by Gasteiger charge is -2.16. The zero-order valence-corrected chi connectivity index (χ0v) is 8.97. The van der Waals surface area contributed by atoms with Crippen molar-refractivity contribution in [2.24, 2.45) is 0 Å². The van der Waals surface area contributed by atoms with Gasteiger partial charge in [-0.3, -0.25) is 0 Å². The average molecular weight is 206 g/mol. The molecule has 1 rings (SSSR count). The Hall–Kier alpha value is -1.67. The smallest absolute Gasteiger partial charge is 0.163 e. The fraction of sp³-hybridized carbons (Fsp3) is 0.500. The lowest BCUT2D eigenvalue weighted by molar-refractivity contribution is 0.154. The molecule has 0 amide bonds. The summed E-state index contributed by atoms with van der Waals surface area (Å²) in [6.07, 6.45) is 0. The maximum Gasteiger partial charge on any atom is 0.163 e. The van der Waals surface area contributed by atoms with E-state index >= 15 is 0 Å². The highest BCUT2D eigenvalue weighted by molar-refractivity contribution is 5.37. The molecule has 0 aromatic carbocycles. The van der Waals surface area contributed by atoms with Gasteiger partial charge in [0.05, 0.1) is 6.61 Å². The molecule has 0 radical (unpaired) electrons. The summed E-state index contributed by atoms with van der Waals surface area (Å²) in [5, 5.41) is 16.2.